The first-order valence-electron chi connectivity index (χ1n) is 8.60. The summed E-state index contributed by atoms with van der Waals surface area (Å²) in [6.07, 6.45) is 1.94. The van der Waals surface area contributed by atoms with Gasteiger partial charge in [-0.3, -0.25) is 4.79 Å². The van der Waals surface area contributed by atoms with Gasteiger partial charge in [0.25, 0.3) is 0 Å². The van der Waals surface area contributed by atoms with E-state index < -0.39 is 0 Å². The van der Waals surface area contributed by atoms with Gasteiger partial charge in [0.15, 0.2) is 11.5 Å². The van der Waals surface area contributed by atoms with Gasteiger partial charge in [-0.15, -0.1) is 12.4 Å². The summed E-state index contributed by atoms with van der Waals surface area (Å²) in [6, 6.07) is 9.39. The number of aryl methyl sites for hydroxylation is 1. The number of methoxy groups -OCH3 is 2. The molecule has 0 atom stereocenters. The number of amides is 1. The average molecular weight is 403 g/mol. The zero-order chi connectivity index (χ0) is 19.4. The van der Waals surface area contributed by atoms with Crippen molar-refractivity contribution in [2.24, 2.45) is 0 Å². The maximum atomic E-state index is 11.6. The fourth-order valence-corrected chi connectivity index (χ4v) is 2.74. The van der Waals surface area contributed by atoms with E-state index in [-0.39, 0.29) is 18.3 Å². The van der Waals surface area contributed by atoms with E-state index in [2.05, 4.69) is 20.6 Å². The maximum absolute atomic E-state index is 11.6. The molecule has 8 heteroatoms. The van der Waals surface area contributed by atoms with Crippen LogP contribution in [0.15, 0.2) is 36.7 Å². The molecule has 0 spiro atoms. The van der Waals surface area contributed by atoms with Gasteiger partial charge >= 0.3 is 0 Å². The summed E-state index contributed by atoms with van der Waals surface area (Å²) in [7, 11) is 3.18. The molecule has 1 aromatic heterocycles. The molecule has 0 aliphatic rings. The van der Waals surface area contributed by atoms with Crippen molar-refractivity contribution in [2.75, 3.05) is 24.9 Å². The Kier molecular flexibility index (Phi) is 7.00. The Hall–Kier alpha value is -3.06. The number of fused-ring (bicyclic) bond motifs is 1. The van der Waals surface area contributed by atoms with Crippen LogP contribution in [0.3, 0.4) is 0 Å². The number of hydrogen-bond donors (Lipinski definition) is 2. The summed E-state index contributed by atoms with van der Waals surface area (Å²) in [6.45, 7) is 3.77. The van der Waals surface area contributed by atoms with Gasteiger partial charge < -0.3 is 20.1 Å². The van der Waals surface area contributed by atoms with Gasteiger partial charge in [0.2, 0.25) is 5.91 Å². The van der Waals surface area contributed by atoms with Crippen LogP contribution in [0.1, 0.15) is 18.9 Å². The molecule has 3 rings (SSSR count). The molecule has 0 radical (unpaired) electrons. The lowest BCUT2D eigenvalue weighted by atomic mass is 10.1. The lowest BCUT2D eigenvalue weighted by Gasteiger charge is -2.13. The monoisotopic (exact) mass is 402 g/mol. The molecule has 2 aromatic carbocycles. The third-order valence-electron chi connectivity index (χ3n) is 4.22. The molecule has 0 saturated carbocycles. The van der Waals surface area contributed by atoms with Crippen LogP contribution in [-0.4, -0.2) is 30.1 Å². The van der Waals surface area contributed by atoms with Crippen LogP contribution in [0.25, 0.3) is 10.9 Å². The number of benzene rings is 2. The number of carbonyl (C=O) groups excluding carboxylic acids is 1. The molecule has 148 valence electrons. The third kappa shape index (κ3) is 4.43. The second kappa shape index (κ2) is 9.23. The van der Waals surface area contributed by atoms with Gasteiger partial charge in [0.05, 0.1) is 19.7 Å². The summed E-state index contributed by atoms with van der Waals surface area (Å²) in [5.41, 5.74) is 3.36. The second-order valence-electron chi connectivity index (χ2n) is 6.00. The summed E-state index contributed by atoms with van der Waals surface area (Å²) >= 11 is 0. The number of aromatic nitrogens is 2. The molecule has 0 aliphatic carbocycles. The summed E-state index contributed by atoms with van der Waals surface area (Å²) in [5, 5.41) is 7.01. The van der Waals surface area contributed by atoms with E-state index in [9.17, 15) is 4.79 Å². The first kappa shape index (κ1) is 21.2. The number of nitrogens with zero attached hydrogens (tertiary/aromatic N) is 2. The quantitative estimate of drug-likeness (QED) is 0.632. The lowest BCUT2D eigenvalue weighted by molar-refractivity contribution is -0.115. The van der Waals surface area contributed by atoms with Crippen molar-refractivity contribution < 1.29 is 14.3 Å². The van der Waals surface area contributed by atoms with Crippen molar-refractivity contribution in [1.29, 1.82) is 0 Å². The standard InChI is InChI=1S/C20H22N4O3.ClH/c1-5-19(25)24-15-7-6-13(8-12(15)2)23-20-14-9-17(26-3)18(27-4)10-16(14)21-11-22-20;/h6-11H,5H2,1-4H3,(H,24,25)(H,21,22,23);1H. The van der Waals surface area contributed by atoms with Crippen LogP contribution < -0.4 is 20.1 Å². The van der Waals surface area contributed by atoms with E-state index in [0.717, 1.165) is 27.8 Å². The fraction of sp³-hybridized carbons (Fsp3) is 0.250. The Labute approximate surface area is 169 Å². The smallest absolute Gasteiger partial charge is 0.224 e. The molecule has 1 amide bonds. The largest absolute Gasteiger partial charge is 0.493 e. The van der Waals surface area contributed by atoms with Gasteiger partial charge in [0.1, 0.15) is 12.1 Å². The highest BCUT2D eigenvalue weighted by molar-refractivity contribution is 5.94. The predicted octanol–water partition coefficient (Wildman–Crippen LogP) is 4.47. The Morgan fingerprint density at radius 2 is 1.79 bits per heavy atom. The summed E-state index contributed by atoms with van der Waals surface area (Å²) < 4.78 is 10.7. The van der Waals surface area contributed by atoms with Crippen LogP contribution in [-0.2, 0) is 4.79 Å². The van der Waals surface area contributed by atoms with Crippen LogP contribution in [0, 0.1) is 6.92 Å². The summed E-state index contributed by atoms with van der Waals surface area (Å²) in [4.78, 5) is 20.3. The van der Waals surface area contributed by atoms with Crippen LogP contribution in [0.5, 0.6) is 11.5 Å². The van der Waals surface area contributed by atoms with Crippen molar-refractivity contribution in [3.05, 3.63) is 42.2 Å². The molecule has 3 aromatic rings. The zero-order valence-electron chi connectivity index (χ0n) is 16.2. The topological polar surface area (TPSA) is 85.4 Å². The predicted molar refractivity (Wildman–Crippen MR) is 113 cm³/mol. The minimum Gasteiger partial charge on any atom is -0.493 e. The first-order chi connectivity index (χ1) is 13.0. The highest BCUT2D eigenvalue weighted by Gasteiger charge is 2.11. The number of carbonyl (C=O) groups is 1. The molecule has 0 fully saturated rings. The normalized spacial score (nSPS) is 10.1. The third-order valence-corrected chi connectivity index (χ3v) is 4.22. The molecule has 2 N–H and O–H groups in total. The number of ether oxygens (including phenoxy) is 2. The van der Waals surface area contributed by atoms with Gasteiger partial charge in [-0.05, 0) is 36.8 Å². The second-order valence-corrected chi connectivity index (χ2v) is 6.00. The van der Waals surface area contributed by atoms with E-state index in [4.69, 9.17) is 9.47 Å². The SMILES string of the molecule is CCC(=O)Nc1ccc(Nc2ncnc3cc(OC)c(OC)cc23)cc1C.Cl. The molecule has 0 bridgehead atoms. The Balaban J connectivity index is 0.00000280. The molecule has 0 unspecified atom stereocenters. The Morgan fingerprint density at radius 1 is 1.07 bits per heavy atom. The van der Waals surface area contributed by atoms with Gasteiger partial charge in [-0.25, -0.2) is 9.97 Å². The van der Waals surface area contributed by atoms with E-state index in [1.165, 1.54) is 6.33 Å². The van der Waals surface area contributed by atoms with Crippen molar-refractivity contribution in [1.82, 2.24) is 9.97 Å². The zero-order valence-corrected chi connectivity index (χ0v) is 17.0. The molecule has 1 heterocycles. The minimum atomic E-state index is -0.0124. The molecular formula is C20H23ClN4O3. The average Bonchev–Trinajstić information content (AvgIpc) is 2.69. The van der Waals surface area contributed by atoms with Crippen molar-refractivity contribution >= 4 is 46.4 Å². The lowest BCUT2D eigenvalue weighted by Crippen LogP contribution is -2.10. The number of anilines is 3. The molecule has 7 nitrogen and oxygen atoms in total. The highest BCUT2D eigenvalue weighted by atomic mass is 35.5. The molecule has 0 saturated heterocycles. The van der Waals surface area contributed by atoms with Crippen molar-refractivity contribution in [3.63, 3.8) is 0 Å². The van der Waals surface area contributed by atoms with Crippen LogP contribution >= 0.6 is 12.4 Å². The van der Waals surface area contributed by atoms with Crippen molar-refractivity contribution in [3.8, 4) is 11.5 Å². The number of rotatable bonds is 6. The summed E-state index contributed by atoms with van der Waals surface area (Å²) in [5.74, 6) is 1.87. The van der Waals surface area contributed by atoms with Gasteiger partial charge in [0, 0.05) is 29.2 Å². The Morgan fingerprint density at radius 3 is 2.43 bits per heavy atom. The van der Waals surface area contributed by atoms with Crippen LogP contribution in [0.4, 0.5) is 17.2 Å². The number of halogens is 1. The fourth-order valence-electron chi connectivity index (χ4n) is 2.74. The number of hydrogen-bond acceptors (Lipinski definition) is 6. The van der Waals surface area contributed by atoms with Gasteiger partial charge in [-0.1, -0.05) is 6.92 Å². The van der Waals surface area contributed by atoms with E-state index in [0.29, 0.717) is 23.7 Å². The molecule has 28 heavy (non-hydrogen) atoms. The highest BCUT2D eigenvalue weighted by Crippen LogP contribution is 2.34. The molecule has 0 aliphatic heterocycles. The van der Waals surface area contributed by atoms with Gasteiger partial charge in [-0.2, -0.15) is 0 Å². The first-order valence-corrected chi connectivity index (χ1v) is 8.60. The molecular weight excluding hydrogens is 380 g/mol. The number of nitrogens with one attached hydrogen (secondary N) is 2. The Bertz CT molecular complexity index is 995. The van der Waals surface area contributed by atoms with Crippen LogP contribution in [0.2, 0.25) is 0 Å². The maximum Gasteiger partial charge on any atom is 0.224 e. The van der Waals surface area contributed by atoms with E-state index in [1.807, 2.05) is 44.2 Å². The minimum absolute atomic E-state index is 0. The van der Waals surface area contributed by atoms with Crippen molar-refractivity contribution in [2.45, 2.75) is 20.3 Å². The van der Waals surface area contributed by atoms with E-state index in [1.54, 1.807) is 14.2 Å². The van der Waals surface area contributed by atoms with E-state index >= 15 is 0 Å².